The van der Waals surface area contributed by atoms with Crippen LogP contribution in [0, 0.1) is 0 Å². The molecule has 9 heteroatoms. The first-order valence-electron chi connectivity index (χ1n) is 15.8. The van der Waals surface area contributed by atoms with Gasteiger partial charge in [0, 0.05) is 13.0 Å². The van der Waals surface area contributed by atoms with Crippen molar-refractivity contribution < 1.29 is 28.4 Å². The highest BCUT2D eigenvalue weighted by atomic mass is 31.2. The van der Waals surface area contributed by atoms with Crippen LogP contribution in [0.4, 0.5) is 0 Å². The average molecular weight is 599 g/mol. The third-order valence-electron chi connectivity index (χ3n) is 6.34. The Kier molecular flexibility index (Phi) is 27.5. The molecule has 8 nitrogen and oxygen atoms in total. The summed E-state index contributed by atoms with van der Waals surface area (Å²) in [4.78, 5) is 22.4. The second-order valence-electron chi connectivity index (χ2n) is 10.3. The largest absolute Gasteiger partial charge is 0.472 e. The molecule has 0 radical (unpaired) electrons. The molecule has 238 valence electrons. The second-order valence-corrected chi connectivity index (χ2v) is 11.7. The van der Waals surface area contributed by atoms with Crippen molar-refractivity contribution in [3.8, 4) is 0 Å². The van der Waals surface area contributed by atoms with Crippen LogP contribution in [0.2, 0.25) is 0 Å². The molecule has 0 aromatic heterocycles. The lowest BCUT2D eigenvalue weighted by Crippen LogP contribution is -2.45. The molecule has 0 bridgehead atoms. The Bertz CT molecular complexity index is 784. The Morgan fingerprint density at radius 3 is 1.98 bits per heavy atom. The third kappa shape index (κ3) is 27.1. The van der Waals surface area contributed by atoms with Crippen molar-refractivity contribution in [2.75, 3.05) is 19.8 Å². The Hall–Kier alpha value is -1.54. The van der Waals surface area contributed by atoms with E-state index in [1.54, 1.807) is 6.08 Å². The van der Waals surface area contributed by atoms with E-state index >= 15 is 0 Å². The maximum absolute atomic E-state index is 12.6. The maximum atomic E-state index is 12.6. The number of carbonyl (C=O) groups excluding carboxylic acids is 1. The number of rotatable bonds is 28. The molecule has 0 saturated carbocycles. The summed E-state index contributed by atoms with van der Waals surface area (Å²) in [5, 5.41) is 13.5. The van der Waals surface area contributed by atoms with Crippen molar-refractivity contribution >= 4 is 13.7 Å². The molecule has 3 atom stereocenters. The van der Waals surface area contributed by atoms with Crippen LogP contribution in [-0.4, -0.2) is 47.8 Å². The fraction of sp³-hybridized carbons (Fsp3) is 0.719. The molecule has 0 aliphatic carbocycles. The van der Waals surface area contributed by atoms with E-state index in [0.717, 1.165) is 77.0 Å². The van der Waals surface area contributed by atoms with E-state index in [4.69, 9.17) is 14.8 Å². The Balaban J connectivity index is 4.57. The smallest absolute Gasteiger partial charge is 0.387 e. The van der Waals surface area contributed by atoms with Crippen LogP contribution in [-0.2, 0) is 18.4 Å². The molecular formula is C32H59N2O6P. The zero-order chi connectivity index (χ0) is 30.4. The molecule has 5 N–H and O–H groups in total. The van der Waals surface area contributed by atoms with Crippen molar-refractivity contribution in [1.29, 1.82) is 0 Å². The molecule has 0 rings (SSSR count). The van der Waals surface area contributed by atoms with E-state index in [1.165, 1.54) is 19.3 Å². The summed E-state index contributed by atoms with van der Waals surface area (Å²) < 4.78 is 21.9. The minimum atomic E-state index is -4.34. The van der Waals surface area contributed by atoms with Crippen LogP contribution >= 0.6 is 7.82 Å². The zero-order valence-corrected chi connectivity index (χ0v) is 26.7. The number of phosphoric ester groups is 1. The first-order valence-corrected chi connectivity index (χ1v) is 17.3. The number of carbonyl (C=O) groups is 1. The monoisotopic (exact) mass is 598 g/mol. The molecule has 0 spiro atoms. The predicted molar refractivity (Wildman–Crippen MR) is 171 cm³/mol. The fourth-order valence-electron chi connectivity index (χ4n) is 3.91. The number of aliphatic hydroxyl groups is 1. The standard InChI is InChI=1S/C32H59N2O6P/c1-3-5-7-9-11-13-15-16-17-19-21-23-25-31(35)30(29-40-41(37,38)39-28-27-33)34-32(36)26-24-22-20-18-14-12-10-8-6-4-2/h8-11,16-17,23,25,30-31,35H,3-7,12-15,18-22,24,26-29,33H2,1-2H3,(H,34,36)(H,37,38)/b10-8-,11-9+,17-16+,25-23+. The fourth-order valence-corrected chi connectivity index (χ4v) is 4.67. The molecule has 0 fully saturated rings. The number of phosphoric acid groups is 1. The van der Waals surface area contributed by atoms with Crippen LogP contribution < -0.4 is 11.1 Å². The molecule has 41 heavy (non-hydrogen) atoms. The first kappa shape index (κ1) is 39.5. The van der Waals surface area contributed by atoms with Gasteiger partial charge in [0.25, 0.3) is 0 Å². The van der Waals surface area contributed by atoms with Gasteiger partial charge in [-0.05, 0) is 57.8 Å². The quantitative estimate of drug-likeness (QED) is 0.0418. The second kappa shape index (κ2) is 28.6. The molecule has 1 amide bonds. The van der Waals surface area contributed by atoms with Gasteiger partial charge in [-0.1, -0.05) is 101 Å². The number of aliphatic hydroxyl groups excluding tert-OH is 1. The van der Waals surface area contributed by atoms with Crippen molar-refractivity contribution in [2.45, 2.75) is 129 Å². The lowest BCUT2D eigenvalue weighted by molar-refractivity contribution is -0.123. The van der Waals surface area contributed by atoms with Gasteiger partial charge in [0.2, 0.25) is 5.91 Å². The van der Waals surface area contributed by atoms with Gasteiger partial charge in [-0.15, -0.1) is 0 Å². The molecule has 0 aromatic carbocycles. The molecular weight excluding hydrogens is 539 g/mol. The van der Waals surface area contributed by atoms with E-state index in [0.29, 0.717) is 6.42 Å². The summed E-state index contributed by atoms with van der Waals surface area (Å²) in [5.41, 5.74) is 5.32. The van der Waals surface area contributed by atoms with Crippen molar-refractivity contribution in [2.24, 2.45) is 5.73 Å². The zero-order valence-electron chi connectivity index (χ0n) is 25.8. The minimum absolute atomic E-state index is 0.0686. The highest BCUT2D eigenvalue weighted by Gasteiger charge is 2.26. The molecule has 0 aromatic rings. The molecule has 0 aliphatic heterocycles. The first-order chi connectivity index (χ1) is 19.9. The van der Waals surface area contributed by atoms with Crippen LogP contribution in [0.5, 0.6) is 0 Å². The summed E-state index contributed by atoms with van der Waals surface area (Å²) in [6.07, 6.45) is 31.6. The number of amides is 1. The van der Waals surface area contributed by atoms with Gasteiger partial charge in [0.05, 0.1) is 25.4 Å². The summed E-state index contributed by atoms with van der Waals surface area (Å²) in [7, 11) is -4.34. The summed E-state index contributed by atoms with van der Waals surface area (Å²) in [5.74, 6) is -0.226. The normalized spacial score (nSPS) is 15.3. The van der Waals surface area contributed by atoms with Crippen LogP contribution in [0.15, 0.2) is 48.6 Å². The maximum Gasteiger partial charge on any atom is 0.472 e. The topological polar surface area (TPSA) is 131 Å². The van der Waals surface area contributed by atoms with Gasteiger partial charge in [-0.2, -0.15) is 0 Å². The summed E-state index contributed by atoms with van der Waals surface area (Å²) >= 11 is 0. The van der Waals surface area contributed by atoms with Crippen molar-refractivity contribution in [3.05, 3.63) is 48.6 Å². The predicted octanol–water partition coefficient (Wildman–Crippen LogP) is 7.43. The highest BCUT2D eigenvalue weighted by molar-refractivity contribution is 7.47. The van der Waals surface area contributed by atoms with Gasteiger partial charge in [-0.25, -0.2) is 4.57 Å². The lowest BCUT2D eigenvalue weighted by Gasteiger charge is -2.23. The number of hydrogen-bond acceptors (Lipinski definition) is 6. The van der Waals surface area contributed by atoms with E-state index < -0.39 is 20.0 Å². The van der Waals surface area contributed by atoms with Crippen LogP contribution in [0.1, 0.15) is 117 Å². The Labute approximate surface area is 250 Å². The number of nitrogens with two attached hydrogens (primary N) is 1. The van der Waals surface area contributed by atoms with Gasteiger partial charge in [-0.3, -0.25) is 13.8 Å². The van der Waals surface area contributed by atoms with E-state index in [-0.39, 0.29) is 25.7 Å². The molecule has 0 saturated heterocycles. The van der Waals surface area contributed by atoms with Gasteiger partial charge in [0.15, 0.2) is 0 Å². The lowest BCUT2D eigenvalue weighted by atomic mass is 10.1. The van der Waals surface area contributed by atoms with E-state index in [9.17, 15) is 19.4 Å². The molecule has 3 unspecified atom stereocenters. The average Bonchev–Trinajstić information content (AvgIpc) is 2.95. The van der Waals surface area contributed by atoms with Crippen molar-refractivity contribution in [3.63, 3.8) is 0 Å². The van der Waals surface area contributed by atoms with Crippen LogP contribution in [0.3, 0.4) is 0 Å². The van der Waals surface area contributed by atoms with Gasteiger partial charge in [0.1, 0.15) is 0 Å². The molecule has 0 heterocycles. The minimum Gasteiger partial charge on any atom is -0.387 e. The Morgan fingerprint density at radius 1 is 0.780 bits per heavy atom. The SMILES string of the molecule is CCC/C=C\CCCCCCCC(=O)NC(COP(=O)(O)OCCN)C(O)/C=C/CC/C=C/CC/C=C/CCCC. The van der Waals surface area contributed by atoms with Crippen molar-refractivity contribution in [1.82, 2.24) is 5.32 Å². The number of nitrogens with one attached hydrogen (secondary N) is 1. The van der Waals surface area contributed by atoms with Gasteiger partial charge >= 0.3 is 7.82 Å². The van der Waals surface area contributed by atoms with E-state index in [1.807, 2.05) is 6.08 Å². The third-order valence-corrected chi connectivity index (χ3v) is 7.32. The summed E-state index contributed by atoms with van der Waals surface area (Å²) in [6.45, 7) is 3.93. The highest BCUT2D eigenvalue weighted by Crippen LogP contribution is 2.43. The summed E-state index contributed by atoms with van der Waals surface area (Å²) in [6, 6.07) is -0.884. The number of unbranched alkanes of at least 4 members (excludes halogenated alkanes) is 10. The van der Waals surface area contributed by atoms with Gasteiger partial charge < -0.3 is 21.1 Å². The van der Waals surface area contributed by atoms with Crippen LogP contribution in [0.25, 0.3) is 0 Å². The molecule has 0 aliphatic rings. The number of hydrogen-bond donors (Lipinski definition) is 4. The Morgan fingerprint density at radius 2 is 1.34 bits per heavy atom. The number of allylic oxidation sites excluding steroid dienone is 7. The van der Waals surface area contributed by atoms with E-state index in [2.05, 4.69) is 55.6 Å².